The molecule has 0 fully saturated rings. The number of para-hydroxylation sites is 1. The highest BCUT2D eigenvalue weighted by Crippen LogP contribution is 2.21. The quantitative estimate of drug-likeness (QED) is 0.739. The third-order valence-corrected chi connectivity index (χ3v) is 5.45. The fourth-order valence-electron chi connectivity index (χ4n) is 1.93. The van der Waals surface area contributed by atoms with Crippen LogP contribution in [0.1, 0.15) is 5.56 Å². The smallest absolute Gasteiger partial charge is 0.387 e. The van der Waals surface area contributed by atoms with Crippen LogP contribution in [0, 0.1) is 0 Å². The molecule has 3 N–H and O–H groups in total. The Morgan fingerprint density at radius 1 is 0.960 bits per heavy atom. The van der Waals surface area contributed by atoms with Crippen molar-refractivity contribution in [1.29, 1.82) is 0 Å². The van der Waals surface area contributed by atoms with Gasteiger partial charge in [-0.15, -0.1) is 0 Å². The largest absolute Gasteiger partial charge is 0.434 e. The number of hydrogen-bond acceptors (Lipinski definition) is 5. The molecule has 0 spiro atoms. The molecule has 0 aliphatic rings. The molecule has 0 saturated heterocycles. The molecule has 0 aromatic heterocycles. The lowest BCUT2D eigenvalue weighted by atomic mass is 10.2. The number of sulfonamides is 2. The van der Waals surface area contributed by atoms with E-state index in [0.717, 1.165) is 24.3 Å². The predicted octanol–water partition coefficient (Wildman–Crippen LogP) is 1.41. The van der Waals surface area contributed by atoms with Crippen LogP contribution in [-0.4, -0.2) is 23.4 Å². The van der Waals surface area contributed by atoms with E-state index < -0.39 is 26.7 Å². The zero-order chi connectivity index (χ0) is 18.7. The fraction of sp³-hybridized carbons (Fsp3) is 0.143. The Kier molecular flexibility index (Phi) is 5.72. The van der Waals surface area contributed by atoms with E-state index >= 15 is 0 Å². The van der Waals surface area contributed by atoms with Crippen LogP contribution in [0.25, 0.3) is 0 Å². The summed E-state index contributed by atoms with van der Waals surface area (Å²) in [6.07, 6.45) is 0. The number of rotatable bonds is 7. The van der Waals surface area contributed by atoms with Crippen molar-refractivity contribution in [3.05, 3.63) is 54.1 Å². The summed E-state index contributed by atoms with van der Waals surface area (Å²) in [5, 5.41) is 4.94. The number of halogens is 2. The highest BCUT2D eigenvalue weighted by Gasteiger charge is 2.17. The van der Waals surface area contributed by atoms with Gasteiger partial charge in [-0.1, -0.05) is 18.2 Å². The van der Waals surface area contributed by atoms with Crippen LogP contribution in [0.15, 0.2) is 58.3 Å². The lowest BCUT2D eigenvalue weighted by Gasteiger charge is -2.12. The number of alkyl halides is 2. The Bertz CT molecular complexity index is 945. The number of hydrogen-bond donors (Lipinski definition) is 2. The number of nitrogens with two attached hydrogens (primary N) is 1. The number of ether oxygens (including phenoxy) is 1. The molecular formula is C14H14F2N2O5S2. The maximum atomic E-state index is 12.4. The van der Waals surface area contributed by atoms with Crippen molar-refractivity contribution in [3.63, 3.8) is 0 Å². The van der Waals surface area contributed by atoms with E-state index in [1.807, 2.05) is 0 Å². The summed E-state index contributed by atoms with van der Waals surface area (Å²) in [5.74, 6) is -0.148. The third kappa shape index (κ3) is 5.19. The monoisotopic (exact) mass is 392 g/mol. The van der Waals surface area contributed by atoms with Gasteiger partial charge in [-0.25, -0.2) is 26.7 Å². The first-order valence-electron chi connectivity index (χ1n) is 6.75. The van der Waals surface area contributed by atoms with Crippen LogP contribution in [0.5, 0.6) is 5.75 Å². The van der Waals surface area contributed by atoms with Crippen LogP contribution in [0.3, 0.4) is 0 Å². The SMILES string of the molecule is NS(=O)(=O)c1ccc(S(=O)(=O)NCc2ccccc2OC(F)F)cc1. The van der Waals surface area contributed by atoms with Crippen molar-refractivity contribution in [2.24, 2.45) is 5.14 Å². The van der Waals surface area contributed by atoms with Gasteiger partial charge in [-0.3, -0.25) is 0 Å². The summed E-state index contributed by atoms with van der Waals surface area (Å²) in [4.78, 5) is -0.436. The number of nitrogens with one attached hydrogen (secondary N) is 1. The fourth-order valence-corrected chi connectivity index (χ4v) is 3.45. The molecule has 0 bridgehead atoms. The van der Waals surface area contributed by atoms with Crippen molar-refractivity contribution in [3.8, 4) is 5.75 Å². The molecule has 25 heavy (non-hydrogen) atoms. The molecule has 0 heterocycles. The van der Waals surface area contributed by atoms with Crippen molar-refractivity contribution >= 4 is 20.0 Å². The predicted molar refractivity (Wildman–Crippen MR) is 84.9 cm³/mol. The molecule has 2 aromatic rings. The van der Waals surface area contributed by atoms with Crippen molar-refractivity contribution in [2.75, 3.05) is 0 Å². The van der Waals surface area contributed by atoms with E-state index in [0.29, 0.717) is 0 Å². The third-order valence-electron chi connectivity index (χ3n) is 3.10. The standard InChI is InChI=1S/C14H14F2N2O5S2/c15-14(16)23-13-4-2-1-3-10(13)9-18-25(21,22)12-7-5-11(6-8-12)24(17,19)20/h1-8,14,18H,9H2,(H2,17,19,20). The second-order valence-electron chi connectivity index (χ2n) is 4.83. The minimum atomic E-state index is -3.99. The van der Waals surface area contributed by atoms with Gasteiger partial charge in [0.05, 0.1) is 9.79 Å². The molecule has 0 amide bonds. The second-order valence-corrected chi connectivity index (χ2v) is 8.16. The van der Waals surface area contributed by atoms with Gasteiger partial charge < -0.3 is 4.74 Å². The van der Waals surface area contributed by atoms with Crippen molar-refractivity contribution < 1.29 is 30.4 Å². The molecule has 0 unspecified atom stereocenters. The molecule has 7 nitrogen and oxygen atoms in total. The van der Waals surface area contributed by atoms with Crippen molar-refractivity contribution in [2.45, 2.75) is 22.9 Å². The highest BCUT2D eigenvalue weighted by atomic mass is 32.2. The summed E-state index contributed by atoms with van der Waals surface area (Å²) >= 11 is 0. The lowest BCUT2D eigenvalue weighted by Crippen LogP contribution is -2.24. The zero-order valence-corrected chi connectivity index (χ0v) is 14.2. The average molecular weight is 392 g/mol. The summed E-state index contributed by atoms with van der Waals surface area (Å²) in [6, 6.07) is 9.99. The minimum Gasteiger partial charge on any atom is -0.434 e. The first-order chi connectivity index (χ1) is 11.6. The second kappa shape index (κ2) is 7.44. The van der Waals surface area contributed by atoms with Crippen LogP contribution >= 0.6 is 0 Å². The van der Waals surface area contributed by atoms with Gasteiger partial charge in [0.15, 0.2) is 0 Å². The summed E-state index contributed by atoms with van der Waals surface area (Å²) in [7, 11) is -7.93. The Labute approximate surface area is 143 Å². The summed E-state index contributed by atoms with van der Waals surface area (Å²) in [6.45, 7) is -3.33. The van der Waals surface area contributed by atoms with Crippen LogP contribution in [0.4, 0.5) is 8.78 Å². The van der Waals surface area contributed by atoms with Gasteiger partial charge in [0.1, 0.15) is 5.75 Å². The maximum Gasteiger partial charge on any atom is 0.387 e. The van der Waals surface area contributed by atoms with E-state index in [-0.39, 0.29) is 27.6 Å². The Morgan fingerprint density at radius 2 is 1.52 bits per heavy atom. The van der Waals surface area contributed by atoms with Crippen molar-refractivity contribution in [1.82, 2.24) is 4.72 Å². The molecule has 2 aromatic carbocycles. The lowest BCUT2D eigenvalue weighted by molar-refractivity contribution is -0.0504. The van der Waals surface area contributed by atoms with Gasteiger partial charge in [0.2, 0.25) is 20.0 Å². The van der Waals surface area contributed by atoms with E-state index in [4.69, 9.17) is 5.14 Å². The van der Waals surface area contributed by atoms with Gasteiger partial charge in [-0.2, -0.15) is 8.78 Å². The normalized spacial score (nSPS) is 12.3. The molecule has 0 aliphatic heterocycles. The molecule has 0 saturated carbocycles. The average Bonchev–Trinajstić information content (AvgIpc) is 2.53. The molecule has 0 aliphatic carbocycles. The first-order valence-corrected chi connectivity index (χ1v) is 9.78. The molecule has 2 rings (SSSR count). The molecule has 136 valence electrons. The van der Waals surface area contributed by atoms with E-state index in [1.165, 1.54) is 18.2 Å². The molecule has 11 heteroatoms. The maximum absolute atomic E-state index is 12.4. The zero-order valence-electron chi connectivity index (χ0n) is 12.6. The number of benzene rings is 2. The van der Waals surface area contributed by atoms with E-state index in [2.05, 4.69) is 9.46 Å². The van der Waals surface area contributed by atoms with Crippen LogP contribution < -0.4 is 14.6 Å². The number of primary sulfonamides is 1. The van der Waals surface area contributed by atoms with E-state index in [9.17, 15) is 25.6 Å². The Hall–Kier alpha value is -2.08. The highest BCUT2D eigenvalue weighted by molar-refractivity contribution is 7.89. The Morgan fingerprint density at radius 3 is 2.08 bits per heavy atom. The van der Waals surface area contributed by atoms with Crippen LogP contribution in [-0.2, 0) is 26.6 Å². The van der Waals surface area contributed by atoms with Crippen LogP contribution in [0.2, 0.25) is 0 Å². The summed E-state index contributed by atoms with van der Waals surface area (Å²) in [5.41, 5.74) is 0.215. The molecular weight excluding hydrogens is 378 g/mol. The summed E-state index contributed by atoms with van der Waals surface area (Å²) < 4.78 is 78.0. The first kappa shape index (κ1) is 19.2. The topological polar surface area (TPSA) is 116 Å². The molecule has 0 atom stereocenters. The molecule has 0 radical (unpaired) electrons. The minimum absolute atomic E-state index is 0.148. The van der Waals surface area contributed by atoms with Gasteiger partial charge in [0, 0.05) is 12.1 Å². The van der Waals surface area contributed by atoms with Gasteiger partial charge >= 0.3 is 6.61 Å². The van der Waals surface area contributed by atoms with Gasteiger partial charge in [-0.05, 0) is 30.3 Å². The van der Waals surface area contributed by atoms with E-state index in [1.54, 1.807) is 6.07 Å². The van der Waals surface area contributed by atoms with Gasteiger partial charge in [0.25, 0.3) is 0 Å². The Balaban J connectivity index is 2.17.